The van der Waals surface area contributed by atoms with Gasteiger partial charge in [-0.3, -0.25) is 4.79 Å². The lowest BCUT2D eigenvalue weighted by molar-refractivity contribution is -0.118. The van der Waals surface area contributed by atoms with E-state index in [4.69, 9.17) is 9.47 Å². The van der Waals surface area contributed by atoms with Crippen molar-refractivity contribution < 1.29 is 19.1 Å². The van der Waals surface area contributed by atoms with Crippen molar-refractivity contribution >= 4 is 17.6 Å². The van der Waals surface area contributed by atoms with E-state index in [0.717, 1.165) is 19.3 Å². The van der Waals surface area contributed by atoms with Gasteiger partial charge in [-0.25, -0.2) is 4.79 Å². The van der Waals surface area contributed by atoms with Gasteiger partial charge in [-0.15, -0.1) is 0 Å². The number of unbranched alkanes of at least 4 members (excludes halogenated alkanes) is 1. The SMILES string of the molecule is CCCCOC(=O)c1ccc(NC(=O)COc2ccc([C@@H](C)CC)cc2)cc1. The standard InChI is InChI=1S/C23H29NO4/c1-4-6-15-27-23(26)19-7-11-20(12-8-19)24-22(25)16-28-21-13-9-18(10-14-21)17(3)5-2/h7-14,17H,4-6,15-16H2,1-3H3,(H,24,25)/t17-/m0/s1. The fraction of sp³-hybridized carbons (Fsp3) is 0.391. The van der Waals surface area contributed by atoms with Crippen molar-refractivity contribution in [3.63, 3.8) is 0 Å². The highest BCUT2D eigenvalue weighted by molar-refractivity contribution is 5.93. The van der Waals surface area contributed by atoms with Crippen molar-refractivity contribution in [1.29, 1.82) is 0 Å². The smallest absolute Gasteiger partial charge is 0.338 e. The van der Waals surface area contributed by atoms with Crippen LogP contribution in [0.1, 0.15) is 61.9 Å². The third-order valence-electron chi connectivity index (χ3n) is 4.57. The Morgan fingerprint density at radius 2 is 1.68 bits per heavy atom. The second-order valence-electron chi connectivity index (χ2n) is 6.78. The van der Waals surface area contributed by atoms with Gasteiger partial charge in [-0.05, 0) is 60.7 Å². The molecule has 0 saturated heterocycles. The molecule has 0 aliphatic heterocycles. The molecule has 1 amide bonds. The summed E-state index contributed by atoms with van der Waals surface area (Å²) in [5, 5.41) is 2.75. The van der Waals surface area contributed by atoms with Gasteiger partial charge in [0.25, 0.3) is 5.91 Å². The molecule has 1 atom stereocenters. The summed E-state index contributed by atoms with van der Waals surface area (Å²) in [5.41, 5.74) is 2.32. The summed E-state index contributed by atoms with van der Waals surface area (Å²) in [6.45, 7) is 6.71. The van der Waals surface area contributed by atoms with Crippen molar-refractivity contribution in [2.45, 2.75) is 46.0 Å². The third-order valence-corrected chi connectivity index (χ3v) is 4.57. The molecule has 2 aromatic rings. The molecule has 5 heteroatoms. The summed E-state index contributed by atoms with van der Waals surface area (Å²) in [6.07, 6.45) is 2.90. The summed E-state index contributed by atoms with van der Waals surface area (Å²) >= 11 is 0. The molecular weight excluding hydrogens is 354 g/mol. The number of ether oxygens (including phenoxy) is 2. The average Bonchev–Trinajstić information content (AvgIpc) is 2.72. The van der Waals surface area contributed by atoms with Crippen LogP contribution in [0.4, 0.5) is 5.69 Å². The van der Waals surface area contributed by atoms with Crippen molar-refractivity contribution in [1.82, 2.24) is 0 Å². The average molecular weight is 383 g/mol. The number of carbonyl (C=O) groups is 2. The van der Waals surface area contributed by atoms with Gasteiger partial charge in [-0.1, -0.05) is 39.3 Å². The molecule has 0 aromatic heterocycles. The monoisotopic (exact) mass is 383 g/mol. The minimum absolute atomic E-state index is 0.0799. The molecule has 5 nitrogen and oxygen atoms in total. The van der Waals surface area contributed by atoms with Gasteiger partial charge in [0.15, 0.2) is 6.61 Å². The maximum absolute atomic E-state index is 12.1. The summed E-state index contributed by atoms with van der Waals surface area (Å²) in [6, 6.07) is 14.4. The normalized spacial score (nSPS) is 11.5. The second-order valence-corrected chi connectivity index (χ2v) is 6.78. The van der Waals surface area contributed by atoms with Gasteiger partial charge < -0.3 is 14.8 Å². The zero-order valence-electron chi connectivity index (χ0n) is 16.9. The van der Waals surface area contributed by atoms with Crippen LogP contribution in [0.2, 0.25) is 0 Å². The van der Waals surface area contributed by atoms with E-state index in [1.807, 2.05) is 31.2 Å². The van der Waals surface area contributed by atoms with Crippen molar-refractivity contribution in [3.05, 3.63) is 59.7 Å². The maximum atomic E-state index is 12.1. The zero-order chi connectivity index (χ0) is 20.4. The first-order valence-electron chi connectivity index (χ1n) is 9.83. The fourth-order valence-electron chi connectivity index (χ4n) is 2.56. The Morgan fingerprint density at radius 1 is 1.00 bits per heavy atom. The van der Waals surface area contributed by atoms with Crippen LogP contribution in [-0.4, -0.2) is 25.1 Å². The molecule has 150 valence electrons. The van der Waals surface area contributed by atoms with Crippen LogP contribution >= 0.6 is 0 Å². The van der Waals surface area contributed by atoms with Crippen molar-refractivity contribution in [2.75, 3.05) is 18.5 Å². The van der Waals surface area contributed by atoms with Crippen LogP contribution < -0.4 is 10.1 Å². The van der Waals surface area contributed by atoms with E-state index in [1.165, 1.54) is 5.56 Å². The van der Waals surface area contributed by atoms with E-state index in [9.17, 15) is 9.59 Å². The van der Waals surface area contributed by atoms with Crippen LogP contribution in [0.25, 0.3) is 0 Å². The predicted octanol–water partition coefficient (Wildman–Crippen LogP) is 5.17. The van der Waals surface area contributed by atoms with E-state index in [2.05, 4.69) is 19.2 Å². The van der Waals surface area contributed by atoms with Gasteiger partial charge in [0, 0.05) is 5.69 Å². The van der Waals surface area contributed by atoms with E-state index >= 15 is 0 Å². The highest BCUT2D eigenvalue weighted by atomic mass is 16.5. The van der Waals surface area contributed by atoms with Gasteiger partial charge in [0.2, 0.25) is 0 Å². The number of esters is 1. The highest BCUT2D eigenvalue weighted by Gasteiger charge is 2.09. The lowest BCUT2D eigenvalue weighted by Gasteiger charge is -2.11. The molecule has 2 aromatic carbocycles. The fourth-order valence-corrected chi connectivity index (χ4v) is 2.56. The Hall–Kier alpha value is -2.82. The number of benzene rings is 2. The van der Waals surface area contributed by atoms with Gasteiger partial charge in [-0.2, -0.15) is 0 Å². The summed E-state index contributed by atoms with van der Waals surface area (Å²) in [4.78, 5) is 23.9. The summed E-state index contributed by atoms with van der Waals surface area (Å²) in [7, 11) is 0. The first-order chi connectivity index (χ1) is 13.5. The Bertz CT molecular complexity index is 753. The van der Waals surface area contributed by atoms with E-state index in [0.29, 0.717) is 29.5 Å². The molecule has 1 N–H and O–H groups in total. The first kappa shape index (κ1) is 21.5. The Kier molecular flexibility index (Phi) is 8.53. The minimum Gasteiger partial charge on any atom is -0.484 e. The first-order valence-corrected chi connectivity index (χ1v) is 9.83. The number of hydrogen-bond acceptors (Lipinski definition) is 4. The number of nitrogens with one attached hydrogen (secondary N) is 1. The lowest BCUT2D eigenvalue weighted by atomic mass is 9.99. The molecule has 0 saturated carbocycles. The highest BCUT2D eigenvalue weighted by Crippen LogP contribution is 2.21. The Morgan fingerprint density at radius 3 is 2.29 bits per heavy atom. The van der Waals surface area contributed by atoms with Crippen molar-refractivity contribution in [2.24, 2.45) is 0 Å². The topological polar surface area (TPSA) is 64.6 Å². The Labute approximate surface area is 167 Å². The summed E-state index contributed by atoms with van der Waals surface area (Å²) < 4.78 is 10.7. The number of anilines is 1. The molecule has 0 radical (unpaired) electrons. The predicted molar refractivity (Wildman–Crippen MR) is 111 cm³/mol. The molecule has 0 unspecified atom stereocenters. The van der Waals surface area contributed by atoms with Crippen molar-refractivity contribution in [3.8, 4) is 5.75 Å². The van der Waals surface area contributed by atoms with Crippen LogP contribution in [-0.2, 0) is 9.53 Å². The van der Waals surface area contributed by atoms with Crippen LogP contribution in [0.5, 0.6) is 5.75 Å². The number of carbonyl (C=O) groups excluding carboxylic acids is 2. The van der Waals surface area contributed by atoms with Crippen LogP contribution in [0.15, 0.2) is 48.5 Å². The molecule has 0 heterocycles. The third kappa shape index (κ3) is 6.72. The maximum Gasteiger partial charge on any atom is 0.338 e. The van der Waals surface area contributed by atoms with Gasteiger partial charge >= 0.3 is 5.97 Å². The van der Waals surface area contributed by atoms with E-state index < -0.39 is 0 Å². The largest absolute Gasteiger partial charge is 0.484 e. The molecule has 0 aliphatic rings. The number of rotatable bonds is 10. The molecule has 0 aliphatic carbocycles. The minimum atomic E-state index is -0.351. The molecule has 28 heavy (non-hydrogen) atoms. The van der Waals surface area contributed by atoms with E-state index in [-0.39, 0.29) is 18.5 Å². The molecule has 0 bridgehead atoms. The van der Waals surface area contributed by atoms with E-state index in [1.54, 1.807) is 24.3 Å². The Balaban J connectivity index is 1.80. The number of amides is 1. The van der Waals surface area contributed by atoms with Crippen LogP contribution in [0, 0.1) is 0 Å². The number of hydrogen-bond donors (Lipinski definition) is 1. The molecular formula is C23H29NO4. The second kappa shape index (κ2) is 11.1. The quantitative estimate of drug-likeness (QED) is 0.454. The molecule has 0 fully saturated rings. The van der Waals surface area contributed by atoms with Crippen LogP contribution in [0.3, 0.4) is 0 Å². The molecule has 2 rings (SSSR count). The lowest BCUT2D eigenvalue weighted by Crippen LogP contribution is -2.20. The van der Waals surface area contributed by atoms with Gasteiger partial charge in [0.1, 0.15) is 5.75 Å². The summed E-state index contributed by atoms with van der Waals surface area (Å²) in [5.74, 6) is 0.552. The van der Waals surface area contributed by atoms with Gasteiger partial charge in [0.05, 0.1) is 12.2 Å². The zero-order valence-corrected chi connectivity index (χ0v) is 16.9. The molecule has 0 spiro atoms.